The van der Waals surface area contributed by atoms with Gasteiger partial charge in [0.15, 0.2) is 0 Å². The highest BCUT2D eigenvalue weighted by atomic mass is 16.6. The van der Waals surface area contributed by atoms with Crippen LogP contribution in [0.1, 0.15) is 47.0 Å². The minimum Gasteiger partial charge on any atom is -0.444 e. The molecule has 1 atom stereocenters. The number of carbonyl (C=O) groups is 2. The molecule has 2 aliphatic heterocycles. The maximum absolute atomic E-state index is 12.0. The van der Waals surface area contributed by atoms with Gasteiger partial charge in [-0.05, 0) is 52.9 Å². The lowest BCUT2D eigenvalue weighted by molar-refractivity contribution is -0.191. The fourth-order valence-electron chi connectivity index (χ4n) is 2.97. The quantitative estimate of drug-likeness (QED) is 0.786. The summed E-state index contributed by atoms with van der Waals surface area (Å²) >= 11 is 0. The minimum atomic E-state index is -0.486. The lowest BCUT2D eigenvalue weighted by Crippen LogP contribution is -2.67. The molecule has 6 heteroatoms. The molecule has 2 aliphatic rings. The largest absolute Gasteiger partial charge is 0.444 e. The van der Waals surface area contributed by atoms with Crippen molar-refractivity contribution in [2.24, 2.45) is 0 Å². The van der Waals surface area contributed by atoms with Gasteiger partial charge < -0.3 is 19.7 Å². The van der Waals surface area contributed by atoms with Crippen LogP contribution >= 0.6 is 0 Å². The summed E-state index contributed by atoms with van der Waals surface area (Å²) in [6.45, 7) is 8.77. The monoisotopic (exact) mass is 322 g/mol. The summed E-state index contributed by atoms with van der Waals surface area (Å²) in [6.07, 6.45) is 2.56. The summed E-state index contributed by atoms with van der Waals surface area (Å²) in [5.41, 5.74) is -0.763. The van der Waals surface area contributed by atoms with Crippen LogP contribution in [0, 0.1) is 11.8 Å². The minimum absolute atomic E-state index is 0.0212. The van der Waals surface area contributed by atoms with Crippen molar-refractivity contribution >= 4 is 12.0 Å². The molecule has 23 heavy (non-hydrogen) atoms. The first-order valence-electron chi connectivity index (χ1n) is 8.09. The number of nitrogens with zero attached hydrogens (tertiary/aromatic N) is 1. The van der Waals surface area contributed by atoms with Crippen molar-refractivity contribution in [3.05, 3.63) is 0 Å². The Hall–Kier alpha value is -1.74. The number of ether oxygens (including phenoxy) is 2. The Morgan fingerprint density at radius 3 is 2.70 bits per heavy atom. The van der Waals surface area contributed by atoms with Crippen LogP contribution in [0.5, 0.6) is 0 Å². The van der Waals surface area contributed by atoms with Gasteiger partial charge in [-0.15, -0.1) is 0 Å². The van der Waals surface area contributed by atoms with Gasteiger partial charge in [-0.3, -0.25) is 4.79 Å². The topological polar surface area (TPSA) is 67.9 Å². The third kappa shape index (κ3) is 4.87. The fourth-order valence-corrected chi connectivity index (χ4v) is 2.97. The first-order chi connectivity index (χ1) is 10.7. The van der Waals surface area contributed by atoms with E-state index in [1.54, 1.807) is 11.8 Å². The van der Waals surface area contributed by atoms with Crippen LogP contribution in [0.4, 0.5) is 4.79 Å². The molecule has 0 bridgehead atoms. The van der Waals surface area contributed by atoms with Crippen molar-refractivity contribution in [2.75, 3.05) is 19.6 Å². The third-order valence-electron chi connectivity index (χ3n) is 3.91. The molecule has 0 saturated carbocycles. The molecule has 1 N–H and O–H groups in total. The van der Waals surface area contributed by atoms with Crippen molar-refractivity contribution in [3.8, 4) is 11.8 Å². The normalized spacial score (nSPS) is 22.6. The molecular formula is C17H26N2O4. The average Bonchev–Trinajstić information content (AvgIpc) is 2.41. The van der Waals surface area contributed by atoms with Crippen LogP contribution in [0.25, 0.3) is 0 Å². The van der Waals surface area contributed by atoms with E-state index in [4.69, 9.17) is 9.47 Å². The molecule has 2 fully saturated rings. The molecule has 2 rings (SSSR count). The number of carbonyl (C=O) groups excluding carboxylic acids is 2. The smallest absolute Gasteiger partial charge is 0.410 e. The van der Waals surface area contributed by atoms with Crippen LogP contribution in [0.2, 0.25) is 0 Å². The van der Waals surface area contributed by atoms with Crippen molar-refractivity contribution in [3.63, 3.8) is 0 Å². The number of nitrogens with one attached hydrogen (secondary N) is 1. The van der Waals surface area contributed by atoms with Gasteiger partial charge in [-0.2, -0.15) is 0 Å². The van der Waals surface area contributed by atoms with Crippen LogP contribution < -0.4 is 5.32 Å². The Labute approximate surface area is 137 Å². The molecule has 0 aromatic heterocycles. The molecule has 6 nitrogen and oxygen atoms in total. The highest BCUT2D eigenvalue weighted by Crippen LogP contribution is 2.37. The van der Waals surface area contributed by atoms with Crippen molar-refractivity contribution in [1.82, 2.24) is 10.2 Å². The summed E-state index contributed by atoms with van der Waals surface area (Å²) in [5.74, 6) is 4.74. The van der Waals surface area contributed by atoms with Crippen molar-refractivity contribution in [2.45, 2.75) is 64.3 Å². The summed E-state index contributed by atoms with van der Waals surface area (Å²) < 4.78 is 11.5. The predicted octanol–water partition coefficient (Wildman–Crippen LogP) is 1.68. The van der Waals surface area contributed by atoms with E-state index >= 15 is 0 Å². The highest BCUT2D eigenvalue weighted by molar-refractivity contribution is 5.93. The molecule has 1 unspecified atom stereocenters. The van der Waals surface area contributed by atoms with Gasteiger partial charge in [0.1, 0.15) is 11.2 Å². The Bertz CT molecular complexity index is 521. The van der Waals surface area contributed by atoms with Gasteiger partial charge in [-0.1, -0.05) is 5.92 Å². The maximum Gasteiger partial charge on any atom is 0.410 e. The first kappa shape index (κ1) is 17.6. The third-order valence-corrected chi connectivity index (χ3v) is 3.91. The van der Waals surface area contributed by atoms with Gasteiger partial charge in [0.05, 0.1) is 19.2 Å². The van der Waals surface area contributed by atoms with Gasteiger partial charge in [0.2, 0.25) is 0 Å². The van der Waals surface area contributed by atoms with E-state index in [1.165, 1.54) is 0 Å². The first-order valence-corrected chi connectivity index (χ1v) is 8.09. The van der Waals surface area contributed by atoms with E-state index in [0.29, 0.717) is 19.6 Å². The zero-order valence-electron chi connectivity index (χ0n) is 14.4. The van der Waals surface area contributed by atoms with Crippen molar-refractivity contribution < 1.29 is 19.1 Å². The van der Waals surface area contributed by atoms with E-state index in [9.17, 15) is 9.59 Å². The lowest BCUT2D eigenvalue weighted by atomic mass is 9.85. The summed E-state index contributed by atoms with van der Waals surface area (Å²) in [4.78, 5) is 25.1. The summed E-state index contributed by atoms with van der Waals surface area (Å²) in [5, 5.41) is 2.76. The fraction of sp³-hybridized carbons (Fsp3) is 0.765. The van der Waals surface area contributed by atoms with E-state index in [-0.39, 0.29) is 23.7 Å². The van der Waals surface area contributed by atoms with E-state index in [0.717, 1.165) is 19.3 Å². The maximum atomic E-state index is 12.0. The van der Waals surface area contributed by atoms with Crippen molar-refractivity contribution in [1.29, 1.82) is 0 Å². The summed E-state index contributed by atoms with van der Waals surface area (Å²) in [6, 6.07) is 0. The molecule has 128 valence electrons. The Morgan fingerprint density at radius 1 is 1.39 bits per heavy atom. The average molecular weight is 322 g/mol. The highest BCUT2D eigenvalue weighted by Gasteiger charge is 2.50. The van der Waals surface area contributed by atoms with Gasteiger partial charge >= 0.3 is 6.09 Å². The Balaban J connectivity index is 1.80. The van der Waals surface area contributed by atoms with Crippen LogP contribution in [0.3, 0.4) is 0 Å². The molecule has 0 aromatic carbocycles. The second-order valence-electron chi connectivity index (χ2n) is 7.24. The molecule has 0 radical (unpaired) electrons. The van der Waals surface area contributed by atoms with Crippen LogP contribution in [-0.2, 0) is 14.3 Å². The molecule has 2 amide bonds. The second kappa shape index (κ2) is 6.79. The molecule has 2 saturated heterocycles. The second-order valence-corrected chi connectivity index (χ2v) is 7.24. The van der Waals surface area contributed by atoms with E-state index in [2.05, 4.69) is 17.2 Å². The number of hydrogen-bond acceptors (Lipinski definition) is 4. The van der Waals surface area contributed by atoms with Crippen LogP contribution in [-0.4, -0.2) is 53.8 Å². The van der Waals surface area contributed by atoms with Gasteiger partial charge in [0.25, 0.3) is 5.91 Å². The molecule has 1 spiro atoms. The Kier molecular flexibility index (Phi) is 5.20. The predicted molar refractivity (Wildman–Crippen MR) is 85.7 cm³/mol. The molecule has 0 aliphatic carbocycles. The number of hydrogen-bond donors (Lipinski definition) is 1. The number of rotatable bonds is 2. The Morgan fingerprint density at radius 2 is 2.09 bits per heavy atom. The van der Waals surface area contributed by atoms with E-state index < -0.39 is 5.60 Å². The SMILES string of the molecule is CC#CC(=O)NCC1CCCC2(CN(C(=O)OC(C)(C)C)C2)O1. The zero-order valence-corrected chi connectivity index (χ0v) is 14.4. The molecule has 0 aromatic rings. The molecular weight excluding hydrogens is 296 g/mol. The summed E-state index contributed by atoms with van der Waals surface area (Å²) in [7, 11) is 0. The molecule has 2 heterocycles. The standard InChI is InChI=1S/C17H26N2O4/c1-5-7-14(20)18-10-13-8-6-9-17(22-13)11-19(12-17)15(21)23-16(2,3)4/h13H,6,8-12H2,1-4H3,(H,18,20). The zero-order chi connectivity index (χ0) is 17.1. The van der Waals surface area contributed by atoms with E-state index in [1.807, 2.05) is 20.8 Å². The number of amides is 2. The number of likely N-dealkylation sites (tertiary alicyclic amines) is 1. The van der Waals surface area contributed by atoms with Gasteiger partial charge in [-0.25, -0.2) is 4.79 Å². The van der Waals surface area contributed by atoms with Gasteiger partial charge in [0, 0.05) is 6.54 Å². The lowest BCUT2D eigenvalue weighted by Gasteiger charge is -2.53. The van der Waals surface area contributed by atoms with Crippen LogP contribution in [0.15, 0.2) is 0 Å².